The van der Waals surface area contributed by atoms with Gasteiger partial charge in [-0.2, -0.15) is 0 Å². The standard InChI is InChI=1S/C15H14N2O5S/c1-2-16-9-5-3-4-6-10(9)21-14(16)12-13(20)17(15(23)22-12)8-7-11(18)19/h3-6H,2,7-8H2,1H3,(H,18,19)/b14-12-. The van der Waals surface area contributed by atoms with E-state index in [-0.39, 0.29) is 29.8 Å². The first-order chi connectivity index (χ1) is 11.0. The second kappa shape index (κ2) is 5.88. The minimum absolute atomic E-state index is 0.0153. The van der Waals surface area contributed by atoms with Gasteiger partial charge in [-0.1, -0.05) is 12.1 Å². The summed E-state index contributed by atoms with van der Waals surface area (Å²) in [5, 5.41) is 8.69. The van der Waals surface area contributed by atoms with Crippen molar-refractivity contribution in [2.45, 2.75) is 13.3 Å². The highest BCUT2D eigenvalue weighted by Gasteiger charge is 2.41. The van der Waals surface area contributed by atoms with E-state index < -0.39 is 11.9 Å². The number of carboxylic acid groups (broad SMARTS) is 1. The lowest BCUT2D eigenvalue weighted by Gasteiger charge is -2.16. The Balaban J connectivity index is 1.92. The zero-order valence-electron chi connectivity index (χ0n) is 12.3. The van der Waals surface area contributed by atoms with E-state index in [0.29, 0.717) is 12.3 Å². The van der Waals surface area contributed by atoms with E-state index in [0.717, 1.165) is 10.6 Å². The van der Waals surface area contributed by atoms with Crippen molar-refractivity contribution in [3.8, 4) is 5.75 Å². The third kappa shape index (κ3) is 2.61. The van der Waals surface area contributed by atoms with Gasteiger partial charge in [-0.15, -0.1) is 0 Å². The van der Waals surface area contributed by atoms with Crippen molar-refractivity contribution in [3.63, 3.8) is 0 Å². The third-order valence-electron chi connectivity index (χ3n) is 3.52. The van der Waals surface area contributed by atoms with Crippen LogP contribution in [-0.4, -0.2) is 40.1 Å². The van der Waals surface area contributed by atoms with Crippen LogP contribution in [0.2, 0.25) is 0 Å². The van der Waals surface area contributed by atoms with Crippen LogP contribution in [0.5, 0.6) is 5.75 Å². The van der Waals surface area contributed by atoms with Gasteiger partial charge in [0.15, 0.2) is 5.75 Å². The second-order valence-corrected chi connectivity index (χ2v) is 5.27. The minimum atomic E-state index is -1.01. The van der Waals surface area contributed by atoms with E-state index in [2.05, 4.69) is 0 Å². The van der Waals surface area contributed by atoms with E-state index >= 15 is 0 Å². The fourth-order valence-corrected chi connectivity index (χ4v) is 2.70. The molecule has 7 nitrogen and oxygen atoms in total. The van der Waals surface area contributed by atoms with Gasteiger partial charge in [0.05, 0.1) is 12.1 Å². The van der Waals surface area contributed by atoms with Crippen LogP contribution in [-0.2, 0) is 14.3 Å². The van der Waals surface area contributed by atoms with E-state index in [4.69, 9.17) is 26.8 Å². The number of hydrogen-bond donors (Lipinski definition) is 1. The van der Waals surface area contributed by atoms with Gasteiger partial charge < -0.3 is 19.5 Å². The van der Waals surface area contributed by atoms with Crippen LogP contribution in [0.4, 0.5) is 5.69 Å². The van der Waals surface area contributed by atoms with Gasteiger partial charge in [-0.3, -0.25) is 14.5 Å². The maximum absolute atomic E-state index is 12.5. The Labute approximate surface area is 137 Å². The number of benzene rings is 1. The Kier molecular flexibility index (Phi) is 3.91. The number of anilines is 1. The summed E-state index contributed by atoms with van der Waals surface area (Å²) in [5.41, 5.74) is 0.837. The second-order valence-electron chi connectivity index (χ2n) is 4.92. The van der Waals surface area contributed by atoms with Crippen LogP contribution in [0.1, 0.15) is 13.3 Å². The molecule has 1 fully saturated rings. The first-order valence-electron chi connectivity index (χ1n) is 7.07. The third-order valence-corrected chi connectivity index (χ3v) is 3.82. The molecule has 1 aromatic rings. The molecular formula is C15H14N2O5S. The van der Waals surface area contributed by atoms with E-state index in [1.54, 1.807) is 6.07 Å². The van der Waals surface area contributed by atoms with Crippen LogP contribution in [0, 0.1) is 0 Å². The van der Waals surface area contributed by atoms with Crippen molar-refractivity contribution in [1.82, 2.24) is 4.90 Å². The predicted molar refractivity (Wildman–Crippen MR) is 84.8 cm³/mol. The van der Waals surface area contributed by atoms with Crippen LogP contribution in [0.15, 0.2) is 35.9 Å². The van der Waals surface area contributed by atoms with Crippen LogP contribution < -0.4 is 9.64 Å². The molecule has 0 saturated carbocycles. The normalized spacial score (nSPS) is 19.7. The molecule has 1 aromatic carbocycles. The van der Waals surface area contributed by atoms with Gasteiger partial charge in [-0.25, -0.2) is 0 Å². The summed E-state index contributed by atoms with van der Waals surface area (Å²) in [5.74, 6) is -0.612. The Morgan fingerprint density at radius 1 is 1.26 bits per heavy atom. The smallest absolute Gasteiger partial charge is 0.305 e. The summed E-state index contributed by atoms with van der Waals surface area (Å²) in [4.78, 5) is 26.1. The Bertz CT molecular complexity index is 730. The van der Waals surface area contributed by atoms with E-state index in [1.807, 2.05) is 30.0 Å². The number of amides is 1. The van der Waals surface area contributed by atoms with Gasteiger partial charge >= 0.3 is 11.9 Å². The van der Waals surface area contributed by atoms with Crippen LogP contribution >= 0.6 is 12.2 Å². The highest BCUT2D eigenvalue weighted by molar-refractivity contribution is 7.80. The van der Waals surface area contributed by atoms with Gasteiger partial charge in [0.2, 0.25) is 5.88 Å². The summed E-state index contributed by atoms with van der Waals surface area (Å²) in [6, 6.07) is 7.39. The number of carbonyl (C=O) groups excluding carboxylic acids is 1. The Hall–Kier alpha value is -2.61. The molecular weight excluding hydrogens is 320 g/mol. The lowest BCUT2D eigenvalue weighted by atomic mass is 10.3. The highest BCUT2D eigenvalue weighted by Crippen LogP contribution is 2.40. The van der Waals surface area contributed by atoms with Crippen molar-refractivity contribution < 1.29 is 24.2 Å². The Morgan fingerprint density at radius 3 is 2.70 bits per heavy atom. The quantitative estimate of drug-likeness (QED) is 0.663. The molecule has 0 unspecified atom stereocenters. The lowest BCUT2D eigenvalue weighted by molar-refractivity contribution is -0.137. The topological polar surface area (TPSA) is 79.3 Å². The predicted octanol–water partition coefficient (Wildman–Crippen LogP) is 1.69. The summed E-state index contributed by atoms with van der Waals surface area (Å²) in [7, 11) is 0. The maximum Gasteiger partial charge on any atom is 0.305 e. The molecule has 3 rings (SSSR count). The zero-order valence-corrected chi connectivity index (χ0v) is 13.1. The molecule has 0 aromatic heterocycles. The number of thiocarbonyl (C=S) groups is 1. The molecule has 2 heterocycles. The number of ether oxygens (including phenoxy) is 2. The molecule has 0 spiro atoms. The van der Waals surface area contributed by atoms with E-state index in [9.17, 15) is 9.59 Å². The number of carboxylic acids is 1. The van der Waals surface area contributed by atoms with Crippen molar-refractivity contribution in [1.29, 1.82) is 0 Å². The number of para-hydroxylation sites is 2. The molecule has 0 bridgehead atoms. The minimum Gasteiger partial charge on any atom is -0.481 e. The monoisotopic (exact) mass is 334 g/mol. The number of rotatable bonds is 4. The number of hydrogen-bond acceptors (Lipinski definition) is 6. The molecule has 0 radical (unpaired) electrons. The number of nitrogens with zero attached hydrogens (tertiary/aromatic N) is 2. The number of aliphatic carboxylic acids is 1. The molecule has 120 valence electrons. The van der Waals surface area contributed by atoms with Crippen LogP contribution in [0.3, 0.4) is 0 Å². The largest absolute Gasteiger partial charge is 0.481 e. The fourth-order valence-electron chi connectivity index (χ4n) is 2.44. The lowest BCUT2D eigenvalue weighted by Crippen LogP contribution is -2.31. The van der Waals surface area contributed by atoms with Crippen LogP contribution in [0.25, 0.3) is 0 Å². The summed E-state index contributed by atoms with van der Waals surface area (Å²) in [6.07, 6.45) is -0.212. The molecule has 2 aliphatic rings. The first-order valence-corrected chi connectivity index (χ1v) is 7.48. The van der Waals surface area contributed by atoms with Gasteiger partial charge in [-0.05, 0) is 31.3 Å². The maximum atomic E-state index is 12.5. The molecule has 23 heavy (non-hydrogen) atoms. The average molecular weight is 334 g/mol. The molecule has 2 aliphatic heterocycles. The Morgan fingerprint density at radius 2 is 2.00 bits per heavy atom. The molecule has 1 N–H and O–H groups in total. The zero-order chi connectivity index (χ0) is 16.6. The highest BCUT2D eigenvalue weighted by atomic mass is 32.1. The molecule has 8 heteroatoms. The molecule has 0 aliphatic carbocycles. The first kappa shape index (κ1) is 15.3. The van der Waals surface area contributed by atoms with Crippen molar-refractivity contribution in [2.24, 2.45) is 0 Å². The number of carbonyl (C=O) groups is 2. The van der Waals surface area contributed by atoms with Gasteiger partial charge in [0, 0.05) is 13.1 Å². The fraction of sp³-hybridized carbons (Fsp3) is 0.267. The molecule has 1 saturated heterocycles. The average Bonchev–Trinajstić information content (AvgIpc) is 3.02. The SMILES string of the molecule is CCN1/C(=C2/OC(=S)N(CCC(=O)O)C2=O)Oc2ccccc21. The van der Waals surface area contributed by atoms with Crippen molar-refractivity contribution in [3.05, 3.63) is 35.9 Å². The van der Waals surface area contributed by atoms with Crippen molar-refractivity contribution >= 4 is 35.0 Å². The van der Waals surface area contributed by atoms with Crippen molar-refractivity contribution in [2.75, 3.05) is 18.0 Å². The summed E-state index contributed by atoms with van der Waals surface area (Å²) < 4.78 is 11.1. The van der Waals surface area contributed by atoms with E-state index in [1.165, 1.54) is 0 Å². The summed E-state index contributed by atoms with van der Waals surface area (Å²) >= 11 is 5.03. The summed E-state index contributed by atoms with van der Waals surface area (Å²) in [6.45, 7) is 2.46. The van der Waals surface area contributed by atoms with Gasteiger partial charge in [0.25, 0.3) is 10.9 Å². The molecule has 0 atom stereocenters. The van der Waals surface area contributed by atoms with Gasteiger partial charge in [0.1, 0.15) is 0 Å². The number of fused-ring (bicyclic) bond motifs is 1. The molecule has 1 amide bonds.